The van der Waals surface area contributed by atoms with Crippen LogP contribution < -0.4 is 5.32 Å². The van der Waals surface area contributed by atoms with Gasteiger partial charge in [-0.05, 0) is 12.1 Å². The molecule has 7 heteroatoms. The summed E-state index contributed by atoms with van der Waals surface area (Å²) in [6.07, 6.45) is 0.744. The van der Waals surface area contributed by atoms with Gasteiger partial charge in [-0.1, -0.05) is 29.0 Å². The predicted molar refractivity (Wildman–Crippen MR) is 78.8 cm³/mol. The van der Waals surface area contributed by atoms with Gasteiger partial charge < -0.3 is 10.1 Å². The zero-order valence-corrected chi connectivity index (χ0v) is 12.6. The van der Waals surface area contributed by atoms with Crippen molar-refractivity contribution < 1.29 is 9.13 Å². The van der Waals surface area contributed by atoms with Crippen LogP contribution in [0.15, 0.2) is 18.2 Å². The smallest absolute Gasteiger partial charge is 0.152 e. The summed E-state index contributed by atoms with van der Waals surface area (Å²) in [7, 11) is 1.66. The van der Waals surface area contributed by atoms with Crippen molar-refractivity contribution in [3.8, 4) is 10.6 Å². The maximum absolute atomic E-state index is 13.8. The van der Waals surface area contributed by atoms with E-state index in [2.05, 4.69) is 15.5 Å². The Morgan fingerprint density at radius 1 is 1.35 bits per heavy atom. The highest BCUT2D eigenvalue weighted by Crippen LogP contribution is 2.32. The van der Waals surface area contributed by atoms with Gasteiger partial charge in [0.05, 0.1) is 17.2 Å². The Bertz CT molecular complexity index is 544. The topological polar surface area (TPSA) is 47.0 Å². The Labute approximate surface area is 125 Å². The average molecular weight is 316 g/mol. The quantitative estimate of drug-likeness (QED) is 0.798. The average Bonchev–Trinajstić information content (AvgIpc) is 2.87. The van der Waals surface area contributed by atoms with E-state index >= 15 is 0 Å². The Morgan fingerprint density at radius 3 is 2.95 bits per heavy atom. The molecule has 0 aliphatic rings. The van der Waals surface area contributed by atoms with Crippen LogP contribution in [0.4, 0.5) is 4.39 Å². The Balaban J connectivity index is 1.98. The number of nitrogens with one attached hydrogen (secondary N) is 1. The van der Waals surface area contributed by atoms with Crippen LogP contribution in [0.2, 0.25) is 5.02 Å². The van der Waals surface area contributed by atoms with Crippen molar-refractivity contribution in [2.75, 3.05) is 26.8 Å². The van der Waals surface area contributed by atoms with Crippen LogP contribution in [0.25, 0.3) is 10.6 Å². The van der Waals surface area contributed by atoms with E-state index in [1.54, 1.807) is 19.2 Å². The molecule has 4 nitrogen and oxygen atoms in total. The summed E-state index contributed by atoms with van der Waals surface area (Å²) in [5.74, 6) is -0.376. The Kier molecular flexibility index (Phi) is 5.85. The minimum absolute atomic E-state index is 0.324. The second kappa shape index (κ2) is 7.64. The van der Waals surface area contributed by atoms with E-state index < -0.39 is 0 Å². The monoisotopic (exact) mass is 315 g/mol. The number of hydrogen-bond donors (Lipinski definition) is 1. The van der Waals surface area contributed by atoms with E-state index in [0.717, 1.165) is 24.5 Å². The van der Waals surface area contributed by atoms with Gasteiger partial charge in [0.15, 0.2) is 5.01 Å². The fourth-order valence-electron chi connectivity index (χ4n) is 1.65. The molecular formula is C13H15ClFN3OS. The van der Waals surface area contributed by atoms with Crippen LogP contribution in [-0.2, 0) is 11.2 Å². The molecule has 0 amide bonds. The van der Waals surface area contributed by atoms with Crippen molar-refractivity contribution >= 4 is 22.9 Å². The van der Waals surface area contributed by atoms with E-state index in [1.165, 1.54) is 17.4 Å². The minimum atomic E-state index is -0.376. The molecule has 0 aliphatic heterocycles. The lowest BCUT2D eigenvalue weighted by atomic mass is 10.2. The third kappa shape index (κ3) is 3.96. The van der Waals surface area contributed by atoms with Gasteiger partial charge in [-0.15, -0.1) is 10.2 Å². The molecule has 1 N–H and O–H groups in total. The third-order valence-corrected chi connectivity index (χ3v) is 3.96. The molecule has 0 saturated heterocycles. The summed E-state index contributed by atoms with van der Waals surface area (Å²) >= 11 is 7.37. The maximum Gasteiger partial charge on any atom is 0.152 e. The maximum atomic E-state index is 13.8. The molecule has 0 unspecified atom stereocenters. The van der Waals surface area contributed by atoms with Crippen molar-refractivity contribution in [2.24, 2.45) is 0 Å². The standard InChI is InChI=1S/C13H15ClFN3OS/c1-19-8-7-16-6-5-11-17-18-13(20-11)12-9(14)3-2-4-10(12)15/h2-4,16H,5-8H2,1H3. The Morgan fingerprint density at radius 2 is 2.20 bits per heavy atom. The first-order valence-electron chi connectivity index (χ1n) is 6.19. The summed E-state index contributed by atoms with van der Waals surface area (Å²) in [6.45, 7) is 2.25. The van der Waals surface area contributed by atoms with E-state index in [4.69, 9.17) is 16.3 Å². The normalized spacial score (nSPS) is 10.9. The van der Waals surface area contributed by atoms with Crippen molar-refractivity contribution in [1.82, 2.24) is 15.5 Å². The van der Waals surface area contributed by atoms with Crippen LogP contribution in [-0.4, -0.2) is 37.0 Å². The summed E-state index contributed by atoms with van der Waals surface area (Å²) < 4.78 is 18.7. The van der Waals surface area contributed by atoms with Crippen molar-refractivity contribution in [3.63, 3.8) is 0 Å². The molecule has 1 aromatic carbocycles. The fraction of sp³-hybridized carbons (Fsp3) is 0.385. The summed E-state index contributed by atoms with van der Waals surface area (Å²) in [4.78, 5) is 0. The molecule has 108 valence electrons. The molecule has 0 aliphatic carbocycles. The van der Waals surface area contributed by atoms with Gasteiger partial charge in [0.25, 0.3) is 0 Å². The van der Waals surface area contributed by atoms with Crippen LogP contribution in [0.1, 0.15) is 5.01 Å². The zero-order valence-electron chi connectivity index (χ0n) is 11.0. The van der Waals surface area contributed by atoms with Gasteiger partial charge in [-0.3, -0.25) is 0 Å². The van der Waals surface area contributed by atoms with E-state index in [0.29, 0.717) is 22.2 Å². The first kappa shape index (κ1) is 15.3. The highest BCUT2D eigenvalue weighted by Gasteiger charge is 2.14. The number of hydrogen-bond acceptors (Lipinski definition) is 5. The van der Waals surface area contributed by atoms with Crippen molar-refractivity contribution in [1.29, 1.82) is 0 Å². The van der Waals surface area contributed by atoms with Crippen molar-refractivity contribution in [2.45, 2.75) is 6.42 Å². The van der Waals surface area contributed by atoms with Gasteiger partial charge in [0.2, 0.25) is 0 Å². The minimum Gasteiger partial charge on any atom is -0.383 e. The molecule has 0 spiro atoms. The van der Waals surface area contributed by atoms with Crippen LogP contribution >= 0.6 is 22.9 Å². The number of benzene rings is 1. The lowest BCUT2D eigenvalue weighted by Crippen LogP contribution is -2.21. The van der Waals surface area contributed by atoms with Gasteiger partial charge in [0.1, 0.15) is 10.8 Å². The SMILES string of the molecule is COCCNCCc1nnc(-c2c(F)cccc2Cl)s1. The second-order valence-electron chi connectivity index (χ2n) is 4.09. The number of halogens is 2. The largest absolute Gasteiger partial charge is 0.383 e. The van der Waals surface area contributed by atoms with Crippen LogP contribution in [0.5, 0.6) is 0 Å². The van der Waals surface area contributed by atoms with Crippen LogP contribution in [0.3, 0.4) is 0 Å². The van der Waals surface area contributed by atoms with Crippen LogP contribution in [0, 0.1) is 5.82 Å². The number of aromatic nitrogens is 2. The van der Waals surface area contributed by atoms with Crippen molar-refractivity contribution in [3.05, 3.63) is 34.0 Å². The molecule has 1 aromatic heterocycles. The van der Waals surface area contributed by atoms with Gasteiger partial charge in [-0.25, -0.2) is 4.39 Å². The molecule has 2 rings (SSSR count). The van der Waals surface area contributed by atoms with Gasteiger partial charge in [-0.2, -0.15) is 0 Å². The summed E-state index contributed by atoms with van der Waals surface area (Å²) in [6, 6.07) is 4.59. The molecule has 0 saturated carbocycles. The number of rotatable bonds is 7. The molecule has 0 bridgehead atoms. The van der Waals surface area contributed by atoms with E-state index in [1.807, 2.05) is 0 Å². The Hall–Kier alpha value is -1.08. The molecule has 1 heterocycles. The fourth-order valence-corrected chi connectivity index (χ4v) is 2.86. The molecule has 0 radical (unpaired) electrons. The zero-order chi connectivity index (χ0) is 14.4. The first-order chi connectivity index (χ1) is 9.72. The highest BCUT2D eigenvalue weighted by molar-refractivity contribution is 7.14. The second-order valence-corrected chi connectivity index (χ2v) is 5.56. The first-order valence-corrected chi connectivity index (χ1v) is 7.38. The molecule has 0 atom stereocenters. The number of methoxy groups -OCH3 is 1. The predicted octanol–water partition coefficient (Wildman–Crippen LogP) is 2.78. The van der Waals surface area contributed by atoms with E-state index in [9.17, 15) is 4.39 Å². The summed E-state index contributed by atoms with van der Waals surface area (Å²) in [5.41, 5.74) is 0.324. The lowest BCUT2D eigenvalue weighted by Gasteiger charge is -2.01. The van der Waals surface area contributed by atoms with Gasteiger partial charge >= 0.3 is 0 Å². The molecule has 0 fully saturated rings. The summed E-state index contributed by atoms with van der Waals surface area (Å²) in [5, 5.41) is 13.0. The van der Waals surface area contributed by atoms with E-state index in [-0.39, 0.29) is 5.82 Å². The third-order valence-electron chi connectivity index (χ3n) is 2.64. The molecule has 2 aromatic rings. The lowest BCUT2D eigenvalue weighted by molar-refractivity contribution is 0.199. The van der Waals surface area contributed by atoms with Gasteiger partial charge in [0, 0.05) is 26.6 Å². The molecular weight excluding hydrogens is 301 g/mol. The number of nitrogens with zero attached hydrogens (tertiary/aromatic N) is 2. The number of ether oxygens (including phenoxy) is 1. The highest BCUT2D eigenvalue weighted by atomic mass is 35.5. The molecule has 20 heavy (non-hydrogen) atoms.